The van der Waals surface area contributed by atoms with Gasteiger partial charge in [0.15, 0.2) is 5.58 Å². The molecule has 0 saturated carbocycles. The minimum absolute atomic E-state index is 0.126. The monoisotopic (exact) mass is 356 g/mol. The zero-order valence-electron chi connectivity index (χ0n) is 15.5. The van der Waals surface area contributed by atoms with Crippen molar-refractivity contribution < 1.29 is 9.21 Å². The molecule has 0 bridgehead atoms. The fraction of sp³-hybridized carbons (Fsp3) is 0.130. The molecule has 1 N–H and O–H groups in total. The third-order valence-electron chi connectivity index (χ3n) is 4.67. The van der Waals surface area contributed by atoms with Crippen LogP contribution in [0.2, 0.25) is 0 Å². The van der Waals surface area contributed by atoms with Gasteiger partial charge in [-0.05, 0) is 80.4 Å². The summed E-state index contributed by atoms with van der Waals surface area (Å²) in [6.45, 7) is 6.09. The summed E-state index contributed by atoms with van der Waals surface area (Å²) >= 11 is 0. The first-order valence-corrected chi connectivity index (χ1v) is 8.86. The molecule has 27 heavy (non-hydrogen) atoms. The van der Waals surface area contributed by atoms with Gasteiger partial charge in [0.05, 0.1) is 0 Å². The number of amides is 1. The average molecular weight is 356 g/mol. The van der Waals surface area contributed by atoms with Crippen LogP contribution in [0.3, 0.4) is 0 Å². The second-order valence-electron chi connectivity index (χ2n) is 6.82. The highest BCUT2D eigenvalue weighted by atomic mass is 16.3. The molecule has 0 fully saturated rings. The van der Waals surface area contributed by atoms with Crippen molar-refractivity contribution in [3.8, 4) is 11.5 Å². The summed E-state index contributed by atoms with van der Waals surface area (Å²) < 4.78 is 5.89. The Bertz CT molecular complexity index is 1100. The number of carbonyl (C=O) groups is 1. The van der Waals surface area contributed by atoms with Crippen molar-refractivity contribution in [3.05, 3.63) is 82.9 Å². The minimum atomic E-state index is -0.126. The summed E-state index contributed by atoms with van der Waals surface area (Å²) in [6.07, 6.45) is 0. The highest BCUT2D eigenvalue weighted by molar-refractivity contribution is 6.04. The number of hydrogen-bond donors (Lipinski definition) is 1. The van der Waals surface area contributed by atoms with Crippen molar-refractivity contribution in [3.63, 3.8) is 0 Å². The molecule has 0 unspecified atom stereocenters. The van der Waals surface area contributed by atoms with E-state index >= 15 is 0 Å². The number of benzene rings is 3. The molecule has 0 aliphatic rings. The van der Waals surface area contributed by atoms with Gasteiger partial charge in [-0.15, -0.1) is 0 Å². The van der Waals surface area contributed by atoms with Gasteiger partial charge in [-0.3, -0.25) is 4.79 Å². The summed E-state index contributed by atoms with van der Waals surface area (Å²) in [5.41, 5.74) is 7.30. The van der Waals surface area contributed by atoms with Gasteiger partial charge in [0.2, 0.25) is 5.89 Å². The van der Waals surface area contributed by atoms with Gasteiger partial charge in [0.25, 0.3) is 5.91 Å². The molecule has 0 spiro atoms. The number of anilines is 1. The van der Waals surface area contributed by atoms with Crippen molar-refractivity contribution >= 4 is 22.7 Å². The van der Waals surface area contributed by atoms with Gasteiger partial charge in [-0.1, -0.05) is 17.7 Å². The number of aromatic nitrogens is 1. The lowest BCUT2D eigenvalue weighted by molar-refractivity contribution is 0.102. The maximum absolute atomic E-state index is 12.4. The van der Waals surface area contributed by atoms with Crippen molar-refractivity contribution in [1.82, 2.24) is 4.98 Å². The third kappa shape index (κ3) is 3.47. The zero-order valence-corrected chi connectivity index (χ0v) is 15.5. The molecule has 0 radical (unpaired) electrons. The second kappa shape index (κ2) is 6.72. The largest absolute Gasteiger partial charge is 0.436 e. The quantitative estimate of drug-likeness (QED) is 0.514. The van der Waals surface area contributed by atoms with Crippen LogP contribution in [0, 0.1) is 20.8 Å². The average Bonchev–Trinajstić information content (AvgIpc) is 3.05. The number of fused-ring (bicyclic) bond motifs is 1. The van der Waals surface area contributed by atoms with Gasteiger partial charge >= 0.3 is 0 Å². The van der Waals surface area contributed by atoms with E-state index in [4.69, 9.17) is 4.42 Å². The number of hydrogen-bond acceptors (Lipinski definition) is 3. The molecule has 3 aromatic carbocycles. The normalized spacial score (nSPS) is 10.9. The van der Waals surface area contributed by atoms with Crippen molar-refractivity contribution in [2.75, 3.05) is 5.32 Å². The Kier molecular flexibility index (Phi) is 4.24. The van der Waals surface area contributed by atoms with Crippen LogP contribution in [-0.2, 0) is 0 Å². The van der Waals surface area contributed by atoms with E-state index in [1.165, 1.54) is 11.1 Å². The summed E-state index contributed by atoms with van der Waals surface area (Å²) in [4.78, 5) is 16.9. The van der Waals surface area contributed by atoms with Gasteiger partial charge in [-0.25, -0.2) is 4.98 Å². The molecule has 134 valence electrons. The van der Waals surface area contributed by atoms with Crippen molar-refractivity contribution in [2.24, 2.45) is 0 Å². The molecule has 0 atom stereocenters. The highest BCUT2D eigenvalue weighted by Crippen LogP contribution is 2.27. The smallest absolute Gasteiger partial charge is 0.255 e. The van der Waals surface area contributed by atoms with Crippen molar-refractivity contribution in [2.45, 2.75) is 20.8 Å². The summed E-state index contributed by atoms with van der Waals surface area (Å²) in [5, 5.41) is 2.92. The maximum Gasteiger partial charge on any atom is 0.255 e. The van der Waals surface area contributed by atoms with Crippen LogP contribution in [0.1, 0.15) is 27.0 Å². The lowest BCUT2D eigenvalue weighted by Gasteiger charge is -2.06. The first kappa shape index (κ1) is 17.0. The molecular formula is C23H20N2O2. The third-order valence-corrected chi connectivity index (χ3v) is 4.67. The van der Waals surface area contributed by atoms with Gasteiger partial charge < -0.3 is 9.73 Å². The predicted octanol–water partition coefficient (Wildman–Crippen LogP) is 5.67. The summed E-state index contributed by atoms with van der Waals surface area (Å²) in [7, 11) is 0. The molecule has 4 nitrogen and oxygen atoms in total. The van der Waals surface area contributed by atoms with Crippen LogP contribution in [-0.4, -0.2) is 10.9 Å². The summed E-state index contributed by atoms with van der Waals surface area (Å²) in [6, 6.07) is 19.1. The van der Waals surface area contributed by atoms with E-state index in [-0.39, 0.29) is 5.91 Å². The molecule has 4 aromatic rings. The lowest BCUT2D eigenvalue weighted by Crippen LogP contribution is -2.11. The van der Waals surface area contributed by atoms with Crippen LogP contribution < -0.4 is 5.32 Å². The molecular weight excluding hydrogens is 336 g/mol. The van der Waals surface area contributed by atoms with Gasteiger partial charge in [-0.2, -0.15) is 0 Å². The van der Waals surface area contributed by atoms with Crippen LogP contribution in [0.15, 0.2) is 65.1 Å². The van der Waals surface area contributed by atoms with E-state index < -0.39 is 0 Å². The van der Waals surface area contributed by atoms with Gasteiger partial charge in [0.1, 0.15) is 5.52 Å². The van der Waals surface area contributed by atoms with Gasteiger partial charge in [0, 0.05) is 16.8 Å². The Balaban J connectivity index is 1.56. The SMILES string of the molecule is Cc1cccc(C(=O)Nc2ccc(-c3nc4cc(C)c(C)cc4o3)cc2)c1. The van der Waals surface area contributed by atoms with Crippen molar-refractivity contribution in [1.29, 1.82) is 0 Å². The second-order valence-corrected chi connectivity index (χ2v) is 6.82. The Morgan fingerprint density at radius 2 is 1.67 bits per heavy atom. The number of nitrogens with one attached hydrogen (secondary N) is 1. The first-order chi connectivity index (χ1) is 13.0. The van der Waals surface area contributed by atoms with E-state index in [1.807, 2.05) is 61.5 Å². The maximum atomic E-state index is 12.4. The van der Waals surface area contributed by atoms with E-state index in [1.54, 1.807) is 6.07 Å². The molecule has 1 amide bonds. The Hall–Kier alpha value is -3.40. The van der Waals surface area contributed by atoms with Crippen LogP contribution in [0.5, 0.6) is 0 Å². The van der Waals surface area contributed by atoms with E-state index in [0.29, 0.717) is 11.5 Å². The molecule has 0 aliphatic heterocycles. The Morgan fingerprint density at radius 1 is 0.926 bits per heavy atom. The number of aryl methyl sites for hydroxylation is 3. The zero-order chi connectivity index (χ0) is 19.0. The molecule has 1 heterocycles. The number of rotatable bonds is 3. The van der Waals surface area contributed by atoms with E-state index in [2.05, 4.69) is 24.1 Å². The minimum Gasteiger partial charge on any atom is -0.436 e. The Morgan fingerprint density at radius 3 is 2.41 bits per heavy atom. The van der Waals surface area contributed by atoms with Crippen LogP contribution in [0.4, 0.5) is 5.69 Å². The molecule has 4 rings (SSSR count). The highest BCUT2D eigenvalue weighted by Gasteiger charge is 2.11. The standard InChI is InChI=1S/C23H20N2O2/c1-14-5-4-6-18(11-14)22(26)24-19-9-7-17(8-10-19)23-25-20-12-15(2)16(3)13-21(20)27-23/h4-13H,1-3H3,(H,24,26). The Labute approximate surface area is 157 Å². The number of carbonyl (C=O) groups excluding carboxylic acids is 1. The topological polar surface area (TPSA) is 55.1 Å². The molecule has 0 saturated heterocycles. The number of oxazole rings is 1. The molecule has 1 aromatic heterocycles. The fourth-order valence-electron chi connectivity index (χ4n) is 2.99. The molecule has 4 heteroatoms. The van der Waals surface area contributed by atoms with E-state index in [0.717, 1.165) is 27.9 Å². The number of nitrogens with zero attached hydrogens (tertiary/aromatic N) is 1. The lowest BCUT2D eigenvalue weighted by atomic mass is 10.1. The van der Waals surface area contributed by atoms with E-state index in [9.17, 15) is 4.79 Å². The first-order valence-electron chi connectivity index (χ1n) is 8.86. The summed E-state index contributed by atoms with van der Waals surface area (Å²) in [5.74, 6) is 0.450. The van der Waals surface area contributed by atoms with Crippen LogP contribution in [0.25, 0.3) is 22.6 Å². The van der Waals surface area contributed by atoms with Crippen LogP contribution >= 0.6 is 0 Å². The fourth-order valence-corrected chi connectivity index (χ4v) is 2.99. The predicted molar refractivity (Wildman–Crippen MR) is 108 cm³/mol. The molecule has 0 aliphatic carbocycles.